The summed E-state index contributed by atoms with van der Waals surface area (Å²) in [6.45, 7) is 3.23. The Balaban J connectivity index is 2.53. The maximum absolute atomic E-state index is 8.32. The molecule has 3 heteroatoms. The lowest BCUT2D eigenvalue weighted by Gasteiger charge is -1.93. The van der Waals surface area contributed by atoms with Crippen LogP contribution in [0.5, 0.6) is 0 Å². The van der Waals surface area contributed by atoms with Crippen molar-refractivity contribution in [1.29, 1.82) is 0 Å². The van der Waals surface area contributed by atoms with Gasteiger partial charge in [-0.15, -0.1) is 0 Å². The van der Waals surface area contributed by atoms with Gasteiger partial charge in [-0.1, -0.05) is 0 Å². The summed E-state index contributed by atoms with van der Waals surface area (Å²) in [5.41, 5.74) is 3.70. The van der Waals surface area contributed by atoms with Crippen LogP contribution in [-0.2, 0) is 0 Å². The van der Waals surface area contributed by atoms with Crippen molar-refractivity contribution in [3.8, 4) is 0 Å². The Kier molecular flexibility index (Phi) is 6.78. The predicted molar refractivity (Wildman–Crippen MR) is 31.1 cm³/mol. The van der Waals surface area contributed by atoms with E-state index >= 15 is 0 Å². The largest absolute Gasteiger partial charge is 0.391 e. The Hall–Kier alpha value is -0.120. The first-order chi connectivity index (χ1) is 3.91. The number of nitrogens with two attached hydrogens (primary N) is 1. The van der Waals surface area contributed by atoms with Crippen LogP contribution in [0.15, 0.2) is 0 Å². The van der Waals surface area contributed by atoms with Crippen LogP contribution in [0.3, 0.4) is 0 Å². The summed E-state index contributed by atoms with van der Waals surface area (Å²) in [6.07, 6.45) is 1.15. The molecule has 0 heterocycles. The summed E-state index contributed by atoms with van der Waals surface area (Å²) < 4.78 is 0. The number of aliphatic hydroxyl groups excluding tert-OH is 1. The fourth-order valence-electron chi connectivity index (χ4n) is 0.524. The van der Waals surface area contributed by atoms with Gasteiger partial charge in [-0.3, -0.25) is 0 Å². The van der Waals surface area contributed by atoms with E-state index in [-0.39, 0.29) is 6.61 Å². The summed E-state index contributed by atoms with van der Waals surface area (Å²) in [7, 11) is 0. The Labute approximate surface area is 49.9 Å². The fraction of sp³-hybridized carbons (Fsp3) is 1.00. The topological polar surface area (TPSA) is 64.5 Å². The lowest BCUT2D eigenvalue weighted by Crippen LogP contribution is -2.85. The Bertz CT molecular complexity index is 35.4. The van der Waals surface area contributed by atoms with E-state index in [0.29, 0.717) is 0 Å². The van der Waals surface area contributed by atoms with Gasteiger partial charge < -0.3 is 16.2 Å². The minimum Gasteiger partial charge on any atom is -0.391 e. The van der Waals surface area contributed by atoms with Crippen LogP contribution in [0.1, 0.15) is 6.42 Å². The number of hydrogen-bond donors (Lipinski definition) is 3. The lowest BCUT2D eigenvalue weighted by molar-refractivity contribution is -0.658. The lowest BCUT2D eigenvalue weighted by atomic mass is 10.4. The van der Waals surface area contributed by atoms with Gasteiger partial charge in [-0.25, -0.2) is 0 Å². The maximum atomic E-state index is 8.32. The van der Waals surface area contributed by atoms with Crippen LogP contribution in [0, 0.1) is 0 Å². The zero-order valence-corrected chi connectivity index (χ0v) is 5.27. The monoisotopic (exact) mass is 120 g/mol. The van der Waals surface area contributed by atoms with Crippen molar-refractivity contribution in [3.63, 3.8) is 0 Å². The minimum absolute atomic E-state index is 0.289. The molecule has 8 heavy (non-hydrogen) atoms. The standard InChI is InChI=1S/C5H14N2O/c6-2-1-3-7-4-5-8/h7-8H,1-6H2/p+2. The Morgan fingerprint density at radius 3 is 2.62 bits per heavy atom. The molecule has 3 nitrogen and oxygen atoms in total. The smallest absolute Gasteiger partial charge is 0.0990 e. The SMILES string of the molecule is [NH3+]CCC[NH2+]CCO. The highest BCUT2D eigenvalue weighted by atomic mass is 16.3. The van der Waals surface area contributed by atoms with Crippen molar-refractivity contribution in [2.24, 2.45) is 0 Å². The number of hydrogen-bond acceptors (Lipinski definition) is 1. The highest BCUT2D eigenvalue weighted by Crippen LogP contribution is 1.56. The van der Waals surface area contributed by atoms with Gasteiger partial charge >= 0.3 is 0 Å². The van der Waals surface area contributed by atoms with E-state index in [1.807, 2.05) is 0 Å². The summed E-state index contributed by atoms with van der Waals surface area (Å²) in [5.74, 6) is 0. The summed E-state index contributed by atoms with van der Waals surface area (Å²) in [5, 5.41) is 10.4. The second-order valence-corrected chi connectivity index (χ2v) is 1.80. The third-order valence-electron chi connectivity index (χ3n) is 0.991. The molecule has 0 aromatic rings. The molecule has 0 radical (unpaired) electrons. The number of quaternary nitrogens is 2. The van der Waals surface area contributed by atoms with E-state index in [2.05, 4.69) is 11.1 Å². The van der Waals surface area contributed by atoms with Gasteiger partial charge in [0.05, 0.1) is 26.2 Å². The molecule has 0 aliphatic heterocycles. The molecule has 6 N–H and O–H groups in total. The van der Waals surface area contributed by atoms with Gasteiger partial charge in [0.1, 0.15) is 0 Å². The van der Waals surface area contributed by atoms with Crippen molar-refractivity contribution in [2.45, 2.75) is 6.42 Å². The van der Waals surface area contributed by atoms with E-state index in [4.69, 9.17) is 5.11 Å². The van der Waals surface area contributed by atoms with Crippen LogP contribution in [0.25, 0.3) is 0 Å². The molecule has 0 bridgehead atoms. The van der Waals surface area contributed by atoms with Gasteiger partial charge in [0.25, 0.3) is 0 Å². The molecule has 0 rings (SSSR count). The number of rotatable bonds is 5. The van der Waals surface area contributed by atoms with Crippen molar-refractivity contribution in [3.05, 3.63) is 0 Å². The van der Waals surface area contributed by atoms with Gasteiger partial charge in [0, 0.05) is 6.42 Å². The third kappa shape index (κ3) is 5.88. The molecule has 0 spiro atoms. The molecular formula is C5H16N2O+2. The fourth-order valence-corrected chi connectivity index (χ4v) is 0.524. The molecule has 0 aliphatic rings. The molecule has 0 saturated heterocycles. The highest BCUT2D eigenvalue weighted by Gasteiger charge is 1.86. The summed E-state index contributed by atoms with van der Waals surface area (Å²) in [4.78, 5) is 0. The van der Waals surface area contributed by atoms with Crippen molar-refractivity contribution >= 4 is 0 Å². The van der Waals surface area contributed by atoms with Crippen molar-refractivity contribution in [1.82, 2.24) is 0 Å². The molecule has 0 amide bonds. The van der Waals surface area contributed by atoms with E-state index in [1.165, 1.54) is 0 Å². The maximum Gasteiger partial charge on any atom is 0.0990 e. The molecule has 0 unspecified atom stereocenters. The van der Waals surface area contributed by atoms with Crippen LogP contribution in [-0.4, -0.2) is 31.3 Å². The van der Waals surface area contributed by atoms with Crippen LogP contribution in [0.2, 0.25) is 0 Å². The molecular weight excluding hydrogens is 104 g/mol. The normalized spacial score (nSPS) is 9.75. The van der Waals surface area contributed by atoms with E-state index in [0.717, 1.165) is 26.1 Å². The molecule has 0 aromatic heterocycles. The van der Waals surface area contributed by atoms with E-state index in [1.54, 1.807) is 0 Å². The second kappa shape index (κ2) is 6.88. The predicted octanol–water partition coefficient (Wildman–Crippen LogP) is -2.83. The molecule has 0 aliphatic carbocycles. The van der Waals surface area contributed by atoms with Crippen LogP contribution < -0.4 is 11.1 Å². The Morgan fingerprint density at radius 2 is 2.12 bits per heavy atom. The Morgan fingerprint density at radius 1 is 1.38 bits per heavy atom. The van der Waals surface area contributed by atoms with Gasteiger partial charge in [0.2, 0.25) is 0 Å². The quantitative estimate of drug-likeness (QED) is 0.337. The van der Waals surface area contributed by atoms with Crippen LogP contribution in [0.4, 0.5) is 0 Å². The highest BCUT2D eigenvalue weighted by molar-refractivity contribution is 4.23. The molecule has 0 fully saturated rings. The molecule has 0 aromatic carbocycles. The first kappa shape index (κ1) is 7.88. The van der Waals surface area contributed by atoms with Gasteiger partial charge in [-0.05, 0) is 0 Å². The van der Waals surface area contributed by atoms with Gasteiger partial charge in [0.15, 0.2) is 0 Å². The van der Waals surface area contributed by atoms with E-state index in [9.17, 15) is 0 Å². The van der Waals surface area contributed by atoms with Crippen molar-refractivity contribution < 1.29 is 16.2 Å². The van der Waals surface area contributed by atoms with Gasteiger partial charge in [-0.2, -0.15) is 0 Å². The summed E-state index contributed by atoms with van der Waals surface area (Å²) >= 11 is 0. The average molecular weight is 120 g/mol. The zero-order chi connectivity index (χ0) is 6.24. The third-order valence-corrected chi connectivity index (χ3v) is 0.991. The van der Waals surface area contributed by atoms with Crippen molar-refractivity contribution in [2.75, 3.05) is 26.2 Å². The van der Waals surface area contributed by atoms with E-state index < -0.39 is 0 Å². The number of aliphatic hydroxyl groups is 1. The first-order valence-electron chi connectivity index (χ1n) is 3.13. The average Bonchev–Trinajstić information content (AvgIpc) is 1.81. The minimum atomic E-state index is 0.289. The summed E-state index contributed by atoms with van der Waals surface area (Å²) in [6, 6.07) is 0. The molecule has 0 atom stereocenters. The zero-order valence-electron chi connectivity index (χ0n) is 5.27. The molecule has 50 valence electrons. The first-order valence-corrected chi connectivity index (χ1v) is 3.13. The molecule has 0 saturated carbocycles. The van der Waals surface area contributed by atoms with Crippen LogP contribution >= 0.6 is 0 Å². The second-order valence-electron chi connectivity index (χ2n) is 1.80.